The van der Waals surface area contributed by atoms with Crippen molar-refractivity contribution >= 4 is 42.4 Å². The van der Waals surface area contributed by atoms with Crippen molar-refractivity contribution in [1.82, 2.24) is 9.88 Å². The van der Waals surface area contributed by atoms with Crippen LogP contribution in [-0.4, -0.2) is 56.6 Å². The second-order valence-corrected chi connectivity index (χ2v) is 10.3. The molecule has 2 aromatic carbocycles. The Kier molecular flexibility index (Phi) is 6.90. The van der Waals surface area contributed by atoms with Crippen LogP contribution < -0.4 is 4.90 Å². The molecule has 0 saturated carbocycles. The Morgan fingerprint density at radius 2 is 1.70 bits per heavy atom. The number of hydrogen-bond acceptors (Lipinski definition) is 6. The molecule has 0 N–H and O–H groups in total. The van der Waals surface area contributed by atoms with Gasteiger partial charge in [-0.15, -0.1) is 0 Å². The van der Waals surface area contributed by atoms with E-state index >= 15 is 0 Å². The lowest BCUT2D eigenvalue weighted by Gasteiger charge is -2.24. The largest absolute Gasteiger partial charge is 0.302 e. The molecule has 8 heteroatoms. The lowest BCUT2D eigenvalue weighted by atomic mass is 10.1. The molecule has 30 heavy (non-hydrogen) atoms. The van der Waals surface area contributed by atoms with Crippen LogP contribution in [-0.2, 0) is 9.84 Å². The Balaban J connectivity index is 1.99. The SMILES string of the molecule is CCN(CC)CCN(C(=O)c1ccc(C)cc1)c1nc2ccc(S(C)(=O)=O)cc2s1. The number of anilines is 1. The first-order chi connectivity index (χ1) is 14.2. The standard InChI is InChI=1S/C22H27N3O3S2/c1-5-24(6-2)13-14-25(21(26)17-9-7-16(3)8-10-17)22-23-19-12-11-18(30(4,27)28)15-20(19)29-22/h7-12,15H,5-6,13-14H2,1-4H3. The summed E-state index contributed by atoms with van der Waals surface area (Å²) in [4.78, 5) is 22.2. The minimum Gasteiger partial charge on any atom is -0.302 e. The molecule has 6 nitrogen and oxygen atoms in total. The molecule has 0 aliphatic carbocycles. The number of carbonyl (C=O) groups is 1. The predicted octanol–water partition coefficient (Wildman–Crippen LogP) is 4.00. The van der Waals surface area contributed by atoms with E-state index in [-0.39, 0.29) is 10.8 Å². The zero-order valence-electron chi connectivity index (χ0n) is 17.8. The molecule has 0 radical (unpaired) electrons. The molecule has 0 saturated heterocycles. The molecule has 0 atom stereocenters. The monoisotopic (exact) mass is 445 g/mol. The molecule has 0 aliphatic rings. The summed E-state index contributed by atoms with van der Waals surface area (Å²) in [6, 6.07) is 12.4. The summed E-state index contributed by atoms with van der Waals surface area (Å²) >= 11 is 1.34. The van der Waals surface area contributed by atoms with Crippen molar-refractivity contribution in [2.45, 2.75) is 25.7 Å². The quantitative estimate of drug-likeness (QED) is 0.524. The van der Waals surface area contributed by atoms with Gasteiger partial charge in [0, 0.05) is 24.9 Å². The minimum atomic E-state index is -3.31. The zero-order chi connectivity index (χ0) is 21.9. The molecule has 3 rings (SSSR count). The molecular formula is C22H27N3O3S2. The fourth-order valence-corrected chi connectivity index (χ4v) is 4.91. The number of rotatable bonds is 8. The van der Waals surface area contributed by atoms with Gasteiger partial charge < -0.3 is 4.90 Å². The molecule has 0 unspecified atom stereocenters. The van der Waals surface area contributed by atoms with Crippen LogP contribution in [0.4, 0.5) is 5.13 Å². The van der Waals surface area contributed by atoms with Crippen molar-refractivity contribution in [3.63, 3.8) is 0 Å². The van der Waals surface area contributed by atoms with Gasteiger partial charge in [-0.2, -0.15) is 0 Å². The lowest BCUT2D eigenvalue weighted by molar-refractivity contribution is 0.0983. The Morgan fingerprint density at radius 1 is 1.03 bits per heavy atom. The van der Waals surface area contributed by atoms with Gasteiger partial charge >= 0.3 is 0 Å². The molecule has 1 amide bonds. The van der Waals surface area contributed by atoms with E-state index in [2.05, 4.69) is 23.7 Å². The predicted molar refractivity (Wildman–Crippen MR) is 123 cm³/mol. The number of benzene rings is 2. The Morgan fingerprint density at radius 3 is 2.30 bits per heavy atom. The topological polar surface area (TPSA) is 70.6 Å². The highest BCUT2D eigenvalue weighted by Gasteiger charge is 2.22. The van der Waals surface area contributed by atoms with Crippen LogP contribution in [0, 0.1) is 6.92 Å². The normalized spacial score (nSPS) is 11.9. The van der Waals surface area contributed by atoms with Gasteiger partial charge in [0.25, 0.3) is 5.91 Å². The molecule has 0 aliphatic heterocycles. The highest BCUT2D eigenvalue weighted by Crippen LogP contribution is 2.31. The Bertz CT molecular complexity index is 1130. The van der Waals surface area contributed by atoms with Gasteiger partial charge in [0.15, 0.2) is 15.0 Å². The maximum Gasteiger partial charge on any atom is 0.260 e. The molecule has 0 bridgehead atoms. The van der Waals surface area contributed by atoms with Crippen molar-refractivity contribution in [3.05, 3.63) is 53.6 Å². The van der Waals surface area contributed by atoms with Crippen LogP contribution in [0.15, 0.2) is 47.4 Å². The smallest absolute Gasteiger partial charge is 0.260 e. The molecule has 160 valence electrons. The number of aromatic nitrogens is 1. The van der Waals surface area contributed by atoms with Gasteiger partial charge in [-0.05, 0) is 50.3 Å². The van der Waals surface area contributed by atoms with E-state index in [0.29, 0.717) is 22.8 Å². The maximum absolute atomic E-state index is 13.3. The van der Waals surface area contributed by atoms with E-state index in [0.717, 1.165) is 29.9 Å². The molecule has 0 spiro atoms. The number of carbonyl (C=O) groups excluding carboxylic acids is 1. The van der Waals surface area contributed by atoms with Crippen molar-refractivity contribution in [2.24, 2.45) is 0 Å². The van der Waals surface area contributed by atoms with Crippen LogP contribution in [0.25, 0.3) is 10.2 Å². The van der Waals surface area contributed by atoms with E-state index in [4.69, 9.17) is 0 Å². The van der Waals surface area contributed by atoms with Crippen LogP contribution >= 0.6 is 11.3 Å². The van der Waals surface area contributed by atoms with Crippen molar-refractivity contribution < 1.29 is 13.2 Å². The fraction of sp³-hybridized carbons (Fsp3) is 0.364. The number of nitrogens with zero attached hydrogens (tertiary/aromatic N) is 3. The molecule has 1 heterocycles. The first-order valence-electron chi connectivity index (χ1n) is 9.94. The van der Waals surface area contributed by atoms with Crippen LogP contribution in [0.5, 0.6) is 0 Å². The van der Waals surface area contributed by atoms with Gasteiger partial charge in [0.05, 0.1) is 15.1 Å². The van der Waals surface area contributed by atoms with Gasteiger partial charge in [-0.1, -0.05) is 42.9 Å². The van der Waals surface area contributed by atoms with Crippen molar-refractivity contribution in [2.75, 3.05) is 37.3 Å². The number of hydrogen-bond donors (Lipinski definition) is 0. The van der Waals surface area contributed by atoms with E-state index < -0.39 is 9.84 Å². The number of fused-ring (bicyclic) bond motifs is 1. The first kappa shape index (κ1) is 22.4. The number of thiazole rings is 1. The highest BCUT2D eigenvalue weighted by molar-refractivity contribution is 7.90. The van der Waals surface area contributed by atoms with Crippen molar-refractivity contribution in [1.29, 1.82) is 0 Å². The van der Waals surface area contributed by atoms with Gasteiger partial charge in [-0.25, -0.2) is 13.4 Å². The van der Waals surface area contributed by atoms with E-state index in [1.54, 1.807) is 23.1 Å². The fourth-order valence-electron chi connectivity index (χ4n) is 3.16. The first-order valence-corrected chi connectivity index (χ1v) is 12.6. The number of likely N-dealkylation sites (N-methyl/N-ethyl adjacent to an activating group) is 1. The van der Waals surface area contributed by atoms with Gasteiger partial charge in [0.1, 0.15) is 0 Å². The van der Waals surface area contributed by atoms with Crippen molar-refractivity contribution in [3.8, 4) is 0 Å². The third kappa shape index (κ3) is 5.06. The minimum absolute atomic E-state index is 0.107. The van der Waals surface area contributed by atoms with Gasteiger partial charge in [-0.3, -0.25) is 9.69 Å². The molecule has 1 aromatic heterocycles. The average Bonchev–Trinajstić information content (AvgIpc) is 3.13. The van der Waals surface area contributed by atoms with E-state index in [1.807, 2.05) is 31.2 Å². The van der Waals surface area contributed by atoms with E-state index in [1.165, 1.54) is 17.6 Å². The van der Waals surface area contributed by atoms with Crippen LogP contribution in [0.3, 0.4) is 0 Å². The Hall–Kier alpha value is -2.29. The summed E-state index contributed by atoms with van der Waals surface area (Å²) in [5.74, 6) is -0.107. The maximum atomic E-state index is 13.3. The average molecular weight is 446 g/mol. The van der Waals surface area contributed by atoms with Gasteiger partial charge in [0.2, 0.25) is 0 Å². The van der Waals surface area contributed by atoms with Crippen LogP contribution in [0.2, 0.25) is 0 Å². The van der Waals surface area contributed by atoms with E-state index in [9.17, 15) is 13.2 Å². The Labute approximate surface area is 182 Å². The third-order valence-electron chi connectivity index (χ3n) is 5.09. The molecular weight excluding hydrogens is 418 g/mol. The number of amides is 1. The summed E-state index contributed by atoms with van der Waals surface area (Å²) in [6.45, 7) is 9.23. The summed E-state index contributed by atoms with van der Waals surface area (Å²) < 4.78 is 24.5. The third-order valence-corrected chi connectivity index (χ3v) is 7.24. The lowest BCUT2D eigenvalue weighted by Crippen LogP contribution is -2.38. The van der Waals surface area contributed by atoms with Crippen LogP contribution in [0.1, 0.15) is 29.8 Å². The highest BCUT2D eigenvalue weighted by atomic mass is 32.2. The second-order valence-electron chi connectivity index (χ2n) is 7.25. The number of sulfone groups is 1. The second kappa shape index (κ2) is 9.24. The number of aryl methyl sites for hydroxylation is 1. The zero-order valence-corrected chi connectivity index (χ0v) is 19.4. The molecule has 0 fully saturated rings. The summed E-state index contributed by atoms with van der Waals surface area (Å²) in [6.07, 6.45) is 1.19. The summed E-state index contributed by atoms with van der Waals surface area (Å²) in [5.41, 5.74) is 2.39. The molecule has 3 aromatic rings. The summed E-state index contributed by atoms with van der Waals surface area (Å²) in [7, 11) is -3.31. The summed E-state index contributed by atoms with van der Waals surface area (Å²) in [5, 5.41) is 0.577.